The molecule has 0 fully saturated rings. The Labute approximate surface area is 174 Å². The first-order chi connectivity index (χ1) is 14.6. The number of fused-ring (bicyclic) bond motifs is 3. The van der Waals surface area contributed by atoms with E-state index < -0.39 is 0 Å². The topological polar surface area (TPSA) is 82.8 Å². The van der Waals surface area contributed by atoms with E-state index in [2.05, 4.69) is 50.2 Å². The van der Waals surface area contributed by atoms with Crippen molar-refractivity contribution in [3.8, 4) is 17.2 Å². The first-order valence-corrected chi connectivity index (χ1v) is 9.36. The summed E-state index contributed by atoms with van der Waals surface area (Å²) in [5.41, 5.74) is 7.81. The number of anilines is 1. The van der Waals surface area contributed by atoms with Crippen LogP contribution >= 0.6 is 0 Å². The number of methoxy groups -OCH3 is 3. The lowest BCUT2D eigenvalue weighted by Gasteiger charge is -2.13. The molecule has 154 valence electrons. The van der Waals surface area contributed by atoms with Gasteiger partial charge in [-0.1, -0.05) is 11.6 Å². The van der Waals surface area contributed by atoms with E-state index in [0.717, 1.165) is 27.5 Å². The van der Waals surface area contributed by atoms with Gasteiger partial charge in [0.1, 0.15) is 17.4 Å². The molecule has 0 bridgehead atoms. The maximum atomic E-state index is 5.50. The van der Waals surface area contributed by atoms with Crippen LogP contribution in [0, 0.1) is 6.92 Å². The van der Waals surface area contributed by atoms with E-state index in [-0.39, 0.29) is 0 Å². The summed E-state index contributed by atoms with van der Waals surface area (Å²) in [6.07, 6.45) is 3.19. The van der Waals surface area contributed by atoms with Crippen LogP contribution in [0.25, 0.3) is 21.9 Å². The summed E-state index contributed by atoms with van der Waals surface area (Å²) in [5.74, 6) is 2.25. The summed E-state index contributed by atoms with van der Waals surface area (Å²) in [4.78, 5) is 8.88. The van der Waals surface area contributed by atoms with E-state index in [4.69, 9.17) is 14.2 Å². The van der Waals surface area contributed by atoms with Crippen molar-refractivity contribution in [3.05, 3.63) is 47.8 Å². The zero-order valence-corrected chi connectivity index (χ0v) is 17.6. The fraction of sp³-hybridized carbons (Fsp3) is 0.227. The van der Waals surface area contributed by atoms with Gasteiger partial charge in [-0.3, -0.25) is 5.43 Å². The van der Waals surface area contributed by atoms with Gasteiger partial charge in [-0.2, -0.15) is 5.10 Å². The summed E-state index contributed by atoms with van der Waals surface area (Å²) >= 11 is 0. The molecule has 0 atom stereocenters. The van der Waals surface area contributed by atoms with E-state index >= 15 is 0 Å². The van der Waals surface area contributed by atoms with Gasteiger partial charge in [0.05, 0.1) is 33.1 Å². The number of rotatable bonds is 6. The highest BCUT2D eigenvalue weighted by molar-refractivity contribution is 6.09. The lowest BCUT2D eigenvalue weighted by atomic mass is 10.1. The molecular weight excluding hydrogens is 382 g/mol. The Morgan fingerprint density at radius 1 is 1.00 bits per heavy atom. The SMILES string of the molecule is COc1ccc(C=NNc2ncnc3c4cc(C)ccc4n(C)c23)c(OC)c1OC. The van der Waals surface area contributed by atoms with Crippen LogP contribution in [0.15, 0.2) is 41.8 Å². The van der Waals surface area contributed by atoms with Crippen molar-refractivity contribution >= 4 is 34.0 Å². The van der Waals surface area contributed by atoms with E-state index in [1.807, 2.05) is 13.1 Å². The maximum absolute atomic E-state index is 5.50. The molecule has 2 heterocycles. The van der Waals surface area contributed by atoms with Crippen LogP contribution in [0.2, 0.25) is 0 Å². The summed E-state index contributed by atoms with van der Waals surface area (Å²) in [5, 5.41) is 5.46. The van der Waals surface area contributed by atoms with E-state index in [0.29, 0.717) is 23.1 Å². The number of hydrazone groups is 1. The number of nitrogens with one attached hydrogen (secondary N) is 1. The molecule has 1 N–H and O–H groups in total. The number of aromatic nitrogens is 3. The molecule has 0 spiro atoms. The van der Waals surface area contributed by atoms with Gasteiger partial charge in [-0.05, 0) is 31.2 Å². The minimum atomic E-state index is 0.512. The van der Waals surface area contributed by atoms with Gasteiger partial charge < -0.3 is 18.8 Å². The molecule has 0 radical (unpaired) electrons. The van der Waals surface area contributed by atoms with Gasteiger partial charge in [-0.15, -0.1) is 0 Å². The largest absolute Gasteiger partial charge is 0.493 e. The molecule has 0 amide bonds. The standard InChI is InChI=1S/C22H23N5O3/c1-13-6-8-16-15(10-13)18-19(27(16)2)22(24-12-23-18)26-25-11-14-7-9-17(28-3)21(30-5)20(14)29-4/h6-12H,1-5H3,(H,23,24,26). The molecule has 2 aromatic carbocycles. The van der Waals surface area contributed by atoms with E-state index in [9.17, 15) is 0 Å². The first kappa shape index (κ1) is 19.5. The third-order valence-corrected chi connectivity index (χ3v) is 5.03. The van der Waals surface area contributed by atoms with Crippen molar-refractivity contribution < 1.29 is 14.2 Å². The number of benzene rings is 2. The van der Waals surface area contributed by atoms with Gasteiger partial charge in [0.2, 0.25) is 5.75 Å². The first-order valence-electron chi connectivity index (χ1n) is 9.36. The molecule has 0 unspecified atom stereocenters. The fourth-order valence-corrected chi connectivity index (χ4v) is 3.62. The second-order valence-electron chi connectivity index (χ2n) is 6.79. The van der Waals surface area contributed by atoms with Crippen LogP contribution in [0.4, 0.5) is 5.82 Å². The number of ether oxygens (including phenoxy) is 3. The van der Waals surface area contributed by atoms with Crippen molar-refractivity contribution in [1.82, 2.24) is 14.5 Å². The minimum absolute atomic E-state index is 0.512. The molecule has 0 saturated carbocycles. The normalized spacial score (nSPS) is 11.4. The van der Waals surface area contributed by atoms with Crippen molar-refractivity contribution in [2.75, 3.05) is 26.8 Å². The van der Waals surface area contributed by atoms with Crippen molar-refractivity contribution in [2.45, 2.75) is 6.92 Å². The Morgan fingerprint density at radius 3 is 2.53 bits per heavy atom. The van der Waals surface area contributed by atoms with Crippen molar-refractivity contribution in [3.63, 3.8) is 0 Å². The monoisotopic (exact) mass is 405 g/mol. The molecule has 8 heteroatoms. The van der Waals surface area contributed by atoms with Crippen LogP contribution in [-0.4, -0.2) is 42.1 Å². The van der Waals surface area contributed by atoms with E-state index in [1.54, 1.807) is 39.9 Å². The van der Waals surface area contributed by atoms with Crippen LogP contribution < -0.4 is 19.6 Å². The summed E-state index contributed by atoms with van der Waals surface area (Å²) < 4.78 is 18.3. The molecule has 0 aliphatic heterocycles. The highest BCUT2D eigenvalue weighted by Gasteiger charge is 2.16. The number of nitrogens with zero attached hydrogens (tertiary/aromatic N) is 4. The molecule has 30 heavy (non-hydrogen) atoms. The van der Waals surface area contributed by atoms with Crippen LogP contribution in [0.3, 0.4) is 0 Å². The van der Waals surface area contributed by atoms with Gasteiger partial charge in [-0.25, -0.2) is 9.97 Å². The highest BCUT2D eigenvalue weighted by atomic mass is 16.5. The zero-order chi connectivity index (χ0) is 21.3. The molecule has 4 aromatic rings. The second-order valence-corrected chi connectivity index (χ2v) is 6.79. The van der Waals surface area contributed by atoms with Crippen molar-refractivity contribution in [2.24, 2.45) is 12.1 Å². The van der Waals surface area contributed by atoms with Gasteiger partial charge in [0.25, 0.3) is 0 Å². The smallest absolute Gasteiger partial charge is 0.203 e. The molecule has 0 aliphatic carbocycles. The highest BCUT2D eigenvalue weighted by Crippen LogP contribution is 2.39. The second kappa shape index (κ2) is 7.90. The molecule has 0 saturated heterocycles. The van der Waals surface area contributed by atoms with Gasteiger partial charge in [0.15, 0.2) is 17.3 Å². The molecular formula is C22H23N5O3. The van der Waals surface area contributed by atoms with Crippen molar-refractivity contribution in [1.29, 1.82) is 0 Å². The third-order valence-electron chi connectivity index (χ3n) is 5.03. The summed E-state index contributed by atoms with van der Waals surface area (Å²) in [6, 6.07) is 9.96. The average molecular weight is 405 g/mol. The molecule has 8 nitrogen and oxygen atoms in total. The molecule has 4 rings (SSSR count). The zero-order valence-electron chi connectivity index (χ0n) is 17.6. The molecule has 0 aliphatic rings. The van der Waals surface area contributed by atoms with Crippen LogP contribution in [0.5, 0.6) is 17.2 Å². The van der Waals surface area contributed by atoms with Crippen LogP contribution in [0.1, 0.15) is 11.1 Å². The predicted octanol–water partition coefficient (Wildman–Crippen LogP) is 3.90. The maximum Gasteiger partial charge on any atom is 0.203 e. The number of aryl methyl sites for hydroxylation is 2. The summed E-state index contributed by atoms with van der Waals surface area (Å²) in [6.45, 7) is 2.07. The van der Waals surface area contributed by atoms with Gasteiger partial charge in [0, 0.05) is 18.0 Å². The molecule has 2 aromatic heterocycles. The lowest BCUT2D eigenvalue weighted by Crippen LogP contribution is -2.01. The fourth-order valence-electron chi connectivity index (χ4n) is 3.62. The number of hydrogen-bond acceptors (Lipinski definition) is 7. The quantitative estimate of drug-likeness (QED) is 0.387. The Hall–Kier alpha value is -3.81. The Bertz CT molecular complexity index is 1260. The van der Waals surface area contributed by atoms with Crippen LogP contribution in [-0.2, 0) is 7.05 Å². The predicted molar refractivity (Wildman–Crippen MR) is 118 cm³/mol. The Morgan fingerprint density at radius 2 is 1.80 bits per heavy atom. The third kappa shape index (κ3) is 3.16. The summed E-state index contributed by atoms with van der Waals surface area (Å²) in [7, 11) is 6.72. The number of hydrogen-bond donors (Lipinski definition) is 1. The Balaban J connectivity index is 1.73. The average Bonchev–Trinajstić information content (AvgIpc) is 3.05. The Kier molecular flexibility index (Phi) is 5.14. The minimum Gasteiger partial charge on any atom is -0.493 e. The lowest BCUT2D eigenvalue weighted by molar-refractivity contribution is 0.324. The van der Waals surface area contributed by atoms with Gasteiger partial charge >= 0.3 is 0 Å². The van der Waals surface area contributed by atoms with E-state index in [1.165, 1.54) is 5.56 Å².